The molecule has 0 saturated carbocycles. The van der Waals surface area contributed by atoms with Crippen LogP contribution in [0.25, 0.3) is 0 Å². The molecule has 0 amide bonds. The lowest BCUT2D eigenvalue weighted by Crippen LogP contribution is -2.06. The fourth-order valence-electron chi connectivity index (χ4n) is 2.06. The molecule has 2 aromatic carbocycles. The van der Waals surface area contributed by atoms with E-state index in [1.54, 1.807) is 12.1 Å². The van der Waals surface area contributed by atoms with Gasteiger partial charge in [-0.3, -0.25) is 10.1 Å². The minimum atomic E-state index is -0.480. The molecule has 0 spiro atoms. The summed E-state index contributed by atoms with van der Waals surface area (Å²) in [5.74, 6) is 0. The van der Waals surface area contributed by atoms with Crippen LogP contribution in [0.4, 0.5) is 17.1 Å². The van der Waals surface area contributed by atoms with E-state index in [0.717, 1.165) is 18.7 Å². The summed E-state index contributed by atoms with van der Waals surface area (Å²) in [4.78, 5) is 10.2. The second-order valence-corrected chi connectivity index (χ2v) is 4.63. The molecule has 0 aliphatic heterocycles. The lowest BCUT2D eigenvalue weighted by atomic mass is 10.1. The smallest absolute Gasteiger partial charge is 0.292 e. The first kappa shape index (κ1) is 13.9. The molecule has 2 aromatic rings. The number of nitro groups is 1. The van der Waals surface area contributed by atoms with Gasteiger partial charge in [0.15, 0.2) is 0 Å². The van der Waals surface area contributed by atoms with E-state index in [4.69, 9.17) is 5.73 Å². The zero-order chi connectivity index (χ0) is 14.5. The molecule has 104 valence electrons. The number of nitrogens with two attached hydrogens (primary N) is 1. The Hall–Kier alpha value is -2.56. The van der Waals surface area contributed by atoms with E-state index in [9.17, 15) is 10.1 Å². The van der Waals surface area contributed by atoms with Gasteiger partial charge in [0.25, 0.3) is 5.69 Å². The van der Waals surface area contributed by atoms with Gasteiger partial charge >= 0.3 is 0 Å². The quantitative estimate of drug-likeness (QED) is 0.497. The van der Waals surface area contributed by atoms with Crippen LogP contribution < -0.4 is 11.1 Å². The van der Waals surface area contributed by atoms with Crippen molar-refractivity contribution in [2.24, 2.45) is 0 Å². The second-order valence-electron chi connectivity index (χ2n) is 4.63. The van der Waals surface area contributed by atoms with Crippen LogP contribution in [0.2, 0.25) is 0 Å². The summed E-state index contributed by atoms with van der Waals surface area (Å²) in [6, 6.07) is 12.9. The van der Waals surface area contributed by atoms with Crippen LogP contribution in [-0.2, 0) is 6.42 Å². The minimum Gasteiger partial charge on any atom is -0.393 e. The normalized spacial score (nSPS) is 10.2. The van der Waals surface area contributed by atoms with Crippen molar-refractivity contribution in [3.63, 3.8) is 0 Å². The maximum atomic E-state index is 10.7. The van der Waals surface area contributed by atoms with Gasteiger partial charge < -0.3 is 11.1 Å². The maximum Gasteiger partial charge on any atom is 0.292 e. The Morgan fingerprint density at radius 1 is 1.25 bits per heavy atom. The molecule has 5 nitrogen and oxygen atoms in total. The van der Waals surface area contributed by atoms with E-state index in [1.807, 2.05) is 12.1 Å². The van der Waals surface area contributed by atoms with Crippen molar-refractivity contribution in [1.82, 2.24) is 0 Å². The topological polar surface area (TPSA) is 81.2 Å². The van der Waals surface area contributed by atoms with Crippen LogP contribution in [0.3, 0.4) is 0 Å². The zero-order valence-corrected chi connectivity index (χ0v) is 11.3. The molecule has 20 heavy (non-hydrogen) atoms. The lowest BCUT2D eigenvalue weighted by molar-refractivity contribution is -0.383. The van der Waals surface area contributed by atoms with E-state index in [0.29, 0.717) is 0 Å². The molecule has 0 heterocycles. The van der Waals surface area contributed by atoms with Crippen LogP contribution in [0.1, 0.15) is 11.1 Å². The van der Waals surface area contributed by atoms with Gasteiger partial charge in [0, 0.05) is 18.3 Å². The molecule has 0 radical (unpaired) electrons. The number of benzene rings is 2. The third-order valence-corrected chi connectivity index (χ3v) is 3.21. The summed E-state index contributed by atoms with van der Waals surface area (Å²) >= 11 is 0. The number of nitro benzene ring substituents is 1. The number of anilines is 2. The van der Waals surface area contributed by atoms with Gasteiger partial charge in [-0.15, -0.1) is 0 Å². The molecule has 0 saturated heterocycles. The summed E-state index contributed by atoms with van der Waals surface area (Å²) in [6.45, 7) is 2.83. The minimum absolute atomic E-state index is 0.0607. The van der Waals surface area contributed by atoms with Gasteiger partial charge in [0.05, 0.1) is 4.92 Å². The average molecular weight is 271 g/mol. The van der Waals surface area contributed by atoms with Gasteiger partial charge in [0.1, 0.15) is 5.69 Å². The number of nitrogen functional groups attached to an aromatic ring is 1. The molecule has 0 bridgehead atoms. The van der Waals surface area contributed by atoms with E-state index < -0.39 is 4.92 Å². The predicted octanol–water partition coefficient (Wildman–Crippen LogP) is 3.14. The number of hydrogen-bond donors (Lipinski definition) is 2. The number of nitrogens with zero attached hydrogens (tertiary/aromatic N) is 1. The van der Waals surface area contributed by atoms with Crippen molar-refractivity contribution in [3.05, 3.63) is 63.7 Å². The summed E-state index contributed by atoms with van der Waals surface area (Å²) in [5.41, 5.74) is 9.11. The largest absolute Gasteiger partial charge is 0.393 e. The molecule has 0 aromatic heterocycles. The first-order valence-electron chi connectivity index (χ1n) is 6.40. The third kappa shape index (κ3) is 3.26. The van der Waals surface area contributed by atoms with Gasteiger partial charge in [0.2, 0.25) is 0 Å². The maximum absolute atomic E-state index is 10.7. The number of aryl methyl sites for hydroxylation is 1. The highest BCUT2D eigenvalue weighted by Gasteiger charge is 2.10. The van der Waals surface area contributed by atoms with Crippen LogP contribution in [0, 0.1) is 17.0 Å². The van der Waals surface area contributed by atoms with Crippen LogP contribution in [-0.4, -0.2) is 11.5 Å². The Morgan fingerprint density at radius 2 is 2.00 bits per heavy atom. The SMILES string of the molecule is Cc1ccccc1CCNc1ccc([N+](=O)[O-])c(N)c1. The molecule has 0 atom stereocenters. The summed E-state index contributed by atoms with van der Waals surface area (Å²) < 4.78 is 0. The predicted molar refractivity (Wildman–Crippen MR) is 80.9 cm³/mol. The van der Waals surface area contributed by atoms with Crippen LogP contribution in [0.15, 0.2) is 42.5 Å². The van der Waals surface area contributed by atoms with E-state index >= 15 is 0 Å². The zero-order valence-electron chi connectivity index (χ0n) is 11.3. The summed E-state index contributed by atoms with van der Waals surface area (Å²) in [6.07, 6.45) is 0.892. The van der Waals surface area contributed by atoms with Gasteiger partial charge in [-0.25, -0.2) is 0 Å². The molecule has 2 rings (SSSR count). The highest BCUT2D eigenvalue weighted by molar-refractivity contribution is 5.65. The molecule has 3 N–H and O–H groups in total. The Balaban J connectivity index is 1.97. The standard InChI is InChI=1S/C15H17N3O2/c1-11-4-2-3-5-12(11)8-9-17-13-6-7-15(18(19)20)14(16)10-13/h2-7,10,17H,8-9,16H2,1H3. The van der Waals surface area contributed by atoms with Crippen molar-refractivity contribution < 1.29 is 4.92 Å². The number of rotatable bonds is 5. The van der Waals surface area contributed by atoms with Crippen molar-refractivity contribution in [2.45, 2.75) is 13.3 Å². The summed E-state index contributed by atoms with van der Waals surface area (Å²) in [7, 11) is 0. The van der Waals surface area contributed by atoms with Gasteiger partial charge in [-0.1, -0.05) is 24.3 Å². The van der Waals surface area contributed by atoms with Crippen molar-refractivity contribution >= 4 is 17.1 Å². The molecule has 0 aliphatic carbocycles. The first-order valence-corrected chi connectivity index (χ1v) is 6.40. The Labute approximate surface area is 117 Å². The van der Waals surface area contributed by atoms with Crippen LogP contribution >= 0.6 is 0 Å². The van der Waals surface area contributed by atoms with Crippen molar-refractivity contribution in [3.8, 4) is 0 Å². The molecular formula is C15H17N3O2. The fraction of sp³-hybridized carbons (Fsp3) is 0.200. The number of nitrogens with one attached hydrogen (secondary N) is 1. The van der Waals surface area contributed by atoms with Crippen LogP contribution in [0.5, 0.6) is 0 Å². The molecule has 5 heteroatoms. The average Bonchev–Trinajstić information content (AvgIpc) is 2.40. The number of hydrogen-bond acceptors (Lipinski definition) is 4. The molecule has 0 fully saturated rings. The third-order valence-electron chi connectivity index (χ3n) is 3.21. The van der Waals surface area contributed by atoms with Crippen molar-refractivity contribution in [2.75, 3.05) is 17.6 Å². The first-order chi connectivity index (χ1) is 9.58. The second kappa shape index (κ2) is 6.06. The van der Waals surface area contributed by atoms with Gasteiger partial charge in [-0.05, 0) is 36.6 Å². The van der Waals surface area contributed by atoms with E-state index in [1.165, 1.54) is 17.2 Å². The highest BCUT2D eigenvalue weighted by Crippen LogP contribution is 2.24. The Morgan fingerprint density at radius 3 is 2.65 bits per heavy atom. The van der Waals surface area contributed by atoms with E-state index in [-0.39, 0.29) is 11.4 Å². The van der Waals surface area contributed by atoms with E-state index in [2.05, 4.69) is 24.4 Å². The highest BCUT2D eigenvalue weighted by atomic mass is 16.6. The fourth-order valence-corrected chi connectivity index (χ4v) is 2.06. The van der Waals surface area contributed by atoms with Gasteiger partial charge in [-0.2, -0.15) is 0 Å². The van der Waals surface area contributed by atoms with Crippen molar-refractivity contribution in [1.29, 1.82) is 0 Å². The monoisotopic (exact) mass is 271 g/mol. The molecule has 0 unspecified atom stereocenters. The molecule has 0 aliphatic rings. The Bertz CT molecular complexity index is 626. The molecular weight excluding hydrogens is 254 g/mol. The summed E-state index contributed by atoms with van der Waals surface area (Å²) in [5, 5.41) is 13.9. The Kier molecular flexibility index (Phi) is 4.20. The lowest BCUT2D eigenvalue weighted by Gasteiger charge is -2.09.